The standard InChI is InChI=1S/C16H25NO2/c18-14-16(9-5-2-6-10-16)13-17-11-12-19-15-7-3-1-4-8-15/h1,3-4,7-8,17-18H,2,5-6,9-14H2. The molecule has 0 bridgehead atoms. The zero-order valence-corrected chi connectivity index (χ0v) is 11.6. The summed E-state index contributed by atoms with van der Waals surface area (Å²) in [7, 11) is 0. The van der Waals surface area contributed by atoms with E-state index in [0.717, 1.165) is 31.7 Å². The van der Waals surface area contributed by atoms with Gasteiger partial charge in [0.15, 0.2) is 0 Å². The van der Waals surface area contributed by atoms with Crippen LogP contribution in [0.2, 0.25) is 0 Å². The van der Waals surface area contributed by atoms with E-state index in [4.69, 9.17) is 4.74 Å². The molecule has 1 aliphatic carbocycles. The molecule has 0 unspecified atom stereocenters. The first kappa shape index (κ1) is 14.4. The molecule has 0 atom stereocenters. The van der Waals surface area contributed by atoms with Gasteiger partial charge in [-0.15, -0.1) is 0 Å². The highest BCUT2D eigenvalue weighted by Gasteiger charge is 2.30. The molecular formula is C16H25NO2. The van der Waals surface area contributed by atoms with Crippen LogP contribution in [0.4, 0.5) is 0 Å². The lowest BCUT2D eigenvalue weighted by atomic mass is 9.74. The van der Waals surface area contributed by atoms with Crippen molar-refractivity contribution in [2.24, 2.45) is 5.41 Å². The van der Waals surface area contributed by atoms with Gasteiger partial charge in [-0.3, -0.25) is 0 Å². The van der Waals surface area contributed by atoms with Crippen molar-refractivity contribution in [3.05, 3.63) is 30.3 Å². The average molecular weight is 263 g/mol. The summed E-state index contributed by atoms with van der Waals surface area (Å²) in [5.41, 5.74) is 0.116. The van der Waals surface area contributed by atoms with Crippen LogP contribution in [0.15, 0.2) is 30.3 Å². The largest absolute Gasteiger partial charge is 0.492 e. The lowest BCUT2D eigenvalue weighted by Crippen LogP contribution is -2.40. The number of ether oxygens (including phenoxy) is 1. The van der Waals surface area contributed by atoms with Gasteiger partial charge < -0.3 is 15.2 Å². The van der Waals surface area contributed by atoms with Crippen molar-refractivity contribution < 1.29 is 9.84 Å². The second kappa shape index (κ2) is 7.51. The normalized spacial score (nSPS) is 18.2. The van der Waals surface area contributed by atoms with E-state index in [0.29, 0.717) is 13.2 Å². The molecule has 1 fully saturated rings. The Hall–Kier alpha value is -1.06. The van der Waals surface area contributed by atoms with Crippen molar-refractivity contribution in [1.82, 2.24) is 5.32 Å². The van der Waals surface area contributed by atoms with Crippen LogP contribution in [0.1, 0.15) is 32.1 Å². The molecule has 1 aromatic carbocycles. The van der Waals surface area contributed by atoms with Crippen molar-refractivity contribution >= 4 is 0 Å². The van der Waals surface area contributed by atoms with E-state index >= 15 is 0 Å². The predicted octanol–water partition coefficient (Wildman–Crippen LogP) is 2.60. The van der Waals surface area contributed by atoms with Crippen LogP contribution in [0.5, 0.6) is 5.75 Å². The smallest absolute Gasteiger partial charge is 0.119 e. The van der Waals surface area contributed by atoms with Gasteiger partial charge in [-0.05, 0) is 25.0 Å². The van der Waals surface area contributed by atoms with Gasteiger partial charge in [-0.1, -0.05) is 37.5 Å². The number of rotatable bonds is 7. The minimum Gasteiger partial charge on any atom is -0.492 e. The van der Waals surface area contributed by atoms with Gasteiger partial charge in [-0.2, -0.15) is 0 Å². The molecule has 0 aromatic heterocycles. The van der Waals surface area contributed by atoms with E-state index in [1.165, 1.54) is 19.3 Å². The molecule has 3 nitrogen and oxygen atoms in total. The van der Waals surface area contributed by atoms with Crippen molar-refractivity contribution in [3.63, 3.8) is 0 Å². The van der Waals surface area contributed by atoms with Crippen LogP contribution in [0.3, 0.4) is 0 Å². The Balaban J connectivity index is 1.63. The first-order valence-electron chi connectivity index (χ1n) is 7.34. The van der Waals surface area contributed by atoms with E-state index in [1.54, 1.807) is 0 Å². The molecule has 1 aliphatic rings. The Morgan fingerprint density at radius 1 is 1.11 bits per heavy atom. The SMILES string of the molecule is OCC1(CNCCOc2ccccc2)CCCCC1. The third-order valence-corrected chi connectivity index (χ3v) is 4.04. The first-order chi connectivity index (χ1) is 9.35. The Labute approximate surface area is 116 Å². The fourth-order valence-electron chi connectivity index (χ4n) is 2.80. The topological polar surface area (TPSA) is 41.5 Å². The molecule has 0 spiro atoms. The van der Waals surface area contributed by atoms with Crippen molar-refractivity contribution in [2.75, 3.05) is 26.3 Å². The highest BCUT2D eigenvalue weighted by atomic mass is 16.5. The Bertz CT molecular complexity index is 347. The molecule has 2 rings (SSSR count). The molecule has 1 aromatic rings. The van der Waals surface area contributed by atoms with Crippen LogP contribution in [-0.4, -0.2) is 31.4 Å². The lowest BCUT2D eigenvalue weighted by Gasteiger charge is -2.35. The fraction of sp³-hybridized carbons (Fsp3) is 0.625. The maximum Gasteiger partial charge on any atom is 0.119 e. The molecule has 1 saturated carbocycles. The zero-order chi connectivity index (χ0) is 13.4. The van der Waals surface area contributed by atoms with Gasteiger partial charge in [0, 0.05) is 25.1 Å². The summed E-state index contributed by atoms with van der Waals surface area (Å²) >= 11 is 0. The lowest BCUT2D eigenvalue weighted by molar-refractivity contribution is 0.0804. The summed E-state index contributed by atoms with van der Waals surface area (Å²) in [5, 5.41) is 13.0. The highest BCUT2D eigenvalue weighted by molar-refractivity contribution is 5.20. The van der Waals surface area contributed by atoms with Gasteiger partial charge >= 0.3 is 0 Å². The molecule has 0 aliphatic heterocycles. The number of aliphatic hydroxyl groups is 1. The molecular weight excluding hydrogens is 238 g/mol. The Morgan fingerprint density at radius 3 is 2.53 bits per heavy atom. The predicted molar refractivity (Wildman–Crippen MR) is 77.4 cm³/mol. The number of aliphatic hydroxyl groups excluding tert-OH is 1. The Morgan fingerprint density at radius 2 is 1.84 bits per heavy atom. The van der Waals surface area contributed by atoms with Crippen LogP contribution >= 0.6 is 0 Å². The Kier molecular flexibility index (Phi) is 5.67. The summed E-state index contributed by atoms with van der Waals surface area (Å²) in [6, 6.07) is 9.88. The maximum atomic E-state index is 9.60. The summed E-state index contributed by atoms with van der Waals surface area (Å²) < 4.78 is 5.64. The minimum absolute atomic E-state index is 0.116. The molecule has 0 saturated heterocycles. The minimum atomic E-state index is 0.116. The molecule has 0 radical (unpaired) electrons. The van der Waals surface area contributed by atoms with Crippen molar-refractivity contribution in [2.45, 2.75) is 32.1 Å². The van der Waals surface area contributed by atoms with Gasteiger partial charge in [0.25, 0.3) is 0 Å². The summed E-state index contributed by atoms with van der Waals surface area (Å²) in [6.07, 6.45) is 6.12. The molecule has 0 heterocycles. The fourth-order valence-corrected chi connectivity index (χ4v) is 2.80. The molecule has 19 heavy (non-hydrogen) atoms. The second-order valence-electron chi connectivity index (χ2n) is 5.56. The van der Waals surface area contributed by atoms with E-state index in [9.17, 15) is 5.11 Å². The quantitative estimate of drug-likeness (QED) is 0.743. The highest BCUT2D eigenvalue weighted by Crippen LogP contribution is 2.35. The number of benzene rings is 1. The van der Waals surface area contributed by atoms with Crippen molar-refractivity contribution in [3.8, 4) is 5.75 Å². The first-order valence-corrected chi connectivity index (χ1v) is 7.34. The number of para-hydroxylation sites is 1. The van der Waals surface area contributed by atoms with Gasteiger partial charge in [0.2, 0.25) is 0 Å². The van der Waals surface area contributed by atoms with Crippen LogP contribution in [0, 0.1) is 5.41 Å². The van der Waals surface area contributed by atoms with Gasteiger partial charge in [0.05, 0.1) is 0 Å². The number of hydrogen-bond acceptors (Lipinski definition) is 3. The van der Waals surface area contributed by atoms with E-state index in [2.05, 4.69) is 5.32 Å². The summed E-state index contributed by atoms with van der Waals surface area (Å²) in [6.45, 7) is 2.71. The average Bonchev–Trinajstić information content (AvgIpc) is 2.49. The second-order valence-corrected chi connectivity index (χ2v) is 5.56. The third-order valence-electron chi connectivity index (χ3n) is 4.04. The molecule has 2 N–H and O–H groups in total. The van der Waals surface area contributed by atoms with Crippen LogP contribution in [-0.2, 0) is 0 Å². The van der Waals surface area contributed by atoms with Crippen LogP contribution in [0.25, 0.3) is 0 Å². The molecule has 0 amide bonds. The zero-order valence-electron chi connectivity index (χ0n) is 11.6. The maximum absolute atomic E-state index is 9.60. The van der Waals surface area contributed by atoms with E-state index < -0.39 is 0 Å². The third kappa shape index (κ3) is 4.51. The van der Waals surface area contributed by atoms with Crippen LogP contribution < -0.4 is 10.1 Å². The van der Waals surface area contributed by atoms with E-state index in [1.807, 2.05) is 30.3 Å². The van der Waals surface area contributed by atoms with E-state index in [-0.39, 0.29) is 5.41 Å². The molecule has 3 heteroatoms. The molecule has 106 valence electrons. The summed E-state index contributed by atoms with van der Waals surface area (Å²) in [5.74, 6) is 0.916. The van der Waals surface area contributed by atoms with Gasteiger partial charge in [0.1, 0.15) is 12.4 Å². The summed E-state index contributed by atoms with van der Waals surface area (Å²) in [4.78, 5) is 0. The monoisotopic (exact) mass is 263 g/mol. The number of nitrogens with one attached hydrogen (secondary N) is 1. The van der Waals surface area contributed by atoms with Crippen molar-refractivity contribution in [1.29, 1.82) is 0 Å². The number of hydrogen-bond donors (Lipinski definition) is 2. The van der Waals surface area contributed by atoms with Gasteiger partial charge in [-0.25, -0.2) is 0 Å².